The summed E-state index contributed by atoms with van der Waals surface area (Å²) in [7, 11) is 0. The molecule has 0 rings (SSSR count). The molecule has 0 saturated heterocycles. The second-order valence-electron chi connectivity index (χ2n) is 3.94. The quantitative estimate of drug-likeness (QED) is 0.568. The molecule has 0 aromatic carbocycles. The van der Waals surface area contributed by atoms with E-state index in [2.05, 4.69) is 32.7 Å². The number of allylic oxidation sites excluding steroid dienone is 1. The number of hydrogen-bond acceptors (Lipinski definition) is 1. The van der Waals surface area contributed by atoms with Gasteiger partial charge in [-0.15, -0.1) is 6.58 Å². The first-order chi connectivity index (χ1) is 6.20. The van der Waals surface area contributed by atoms with Crippen molar-refractivity contribution in [2.75, 3.05) is 6.54 Å². The Bertz CT molecular complexity index is 129. The van der Waals surface area contributed by atoms with E-state index in [4.69, 9.17) is 0 Å². The molecule has 0 bridgehead atoms. The van der Waals surface area contributed by atoms with Crippen LogP contribution in [0.5, 0.6) is 0 Å². The van der Waals surface area contributed by atoms with Gasteiger partial charge >= 0.3 is 0 Å². The lowest BCUT2D eigenvalue weighted by Crippen LogP contribution is -2.29. The summed E-state index contributed by atoms with van der Waals surface area (Å²) >= 11 is 0. The second-order valence-corrected chi connectivity index (χ2v) is 3.94. The highest BCUT2D eigenvalue weighted by Crippen LogP contribution is 2.09. The van der Waals surface area contributed by atoms with Gasteiger partial charge in [0, 0.05) is 6.04 Å². The van der Waals surface area contributed by atoms with Crippen LogP contribution in [0.1, 0.15) is 52.9 Å². The summed E-state index contributed by atoms with van der Waals surface area (Å²) in [4.78, 5) is 0. The fraction of sp³-hybridized carbons (Fsp3) is 0.833. The van der Waals surface area contributed by atoms with E-state index in [0.717, 1.165) is 6.54 Å². The van der Waals surface area contributed by atoms with Crippen molar-refractivity contribution in [2.45, 2.75) is 58.9 Å². The van der Waals surface area contributed by atoms with Crippen LogP contribution in [0, 0.1) is 0 Å². The molecule has 1 atom stereocenters. The van der Waals surface area contributed by atoms with Gasteiger partial charge in [0.2, 0.25) is 0 Å². The maximum absolute atomic E-state index is 3.94. The van der Waals surface area contributed by atoms with Gasteiger partial charge in [0.1, 0.15) is 0 Å². The summed E-state index contributed by atoms with van der Waals surface area (Å²) in [6.45, 7) is 11.7. The predicted octanol–water partition coefficient (Wildman–Crippen LogP) is 3.51. The third-order valence-electron chi connectivity index (χ3n) is 2.24. The zero-order chi connectivity index (χ0) is 10.1. The van der Waals surface area contributed by atoms with Crippen LogP contribution in [0.25, 0.3) is 0 Å². The van der Waals surface area contributed by atoms with Crippen molar-refractivity contribution in [3.63, 3.8) is 0 Å². The molecule has 0 spiro atoms. The van der Waals surface area contributed by atoms with Gasteiger partial charge in [-0.3, -0.25) is 0 Å². The Labute approximate surface area is 83.6 Å². The molecule has 0 aliphatic heterocycles. The van der Waals surface area contributed by atoms with Gasteiger partial charge in [-0.25, -0.2) is 0 Å². The van der Waals surface area contributed by atoms with E-state index in [-0.39, 0.29) is 0 Å². The fourth-order valence-corrected chi connectivity index (χ4v) is 1.47. The Morgan fingerprint density at radius 2 is 1.92 bits per heavy atom. The minimum Gasteiger partial charge on any atom is -0.314 e. The lowest BCUT2D eigenvalue weighted by Gasteiger charge is -2.17. The van der Waals surface area contributed by atoms with Crippen LogP contribution in [0.4, 0.5) is 0 Å². The molecule has 13 heavy (non-hydrogen) atoms. The molecule has 1 heteroatoms. The molecule has 0 amide bonds. The third-order valence-corrected chi connectivity index (χ3v) is 2.24. The van der Waals surface area contributed by atoms with E-state index in [1.807, 2.05) is 0 Å². The van der Waals surface area contributed by atoms with Crippen LogP contribution < -0.4 is 5.32 Å². The minimum atomic E-state index is 0.710. The first-order valence-electron chi connectivity index (χ1n) is 5.58. The lowest BCUT2D eigenvalue weighted by molar-refractivity contribution is 0.448. The number of hydrogen-bond donors (Lipinski definition) is 1. The standard InChI is InChI=1S/C12H25N/c1-5-7-12(13-10-6-2)9-8-11(3)4/h12-13H,3,5-10H2,1-2,4H3. The van der Waals surface area contributed by atoms with Gasteiger partial charge in [-0.05, 0) is 39.2 Å². The zero-order valence-electron chi connectivity index (χ0n) is 9.53. The Morgan fingerprint density at radius 1 is 1.23 bits per heavy atom. The molecule has 0 radical (unpaired) electrons. The van der Waals surface area contributed by atoms with Gasteiger partial charge in [-0.2, -0.15) is 0 Å². The highest BCUT2D eigenvalue weighted by Gasteiger charge is 2.05. The first-order valence-corrected chi connectivity index (χ1v) is 5.58. The average Bonchev–Trinajstić information content (AvgIpc) is 2.09. The van der Waals surface area contributed by atoms with Crippen molar-refractivity contribution in [1.82, 2.24) is 5.32 Å². The Kier molecular flexibility index (Phi) is 8.11. The SMILES string of the molecule is C=C(C)CCC(CCC)NCCC. The van der Waals surface area contributed by atoms with E-state index >= 15 is 0 Å². The van der Waals surface area contributed by atoms with E-state index in [9.17, 15) is 0 Å². The van der Waals surface area contributed by atoms with Crippen molar-refractivity contribution in [3.05, 3.63) is 12.2 Å². The molecule has 0 aliphatic rings. The predicted molar refractivity (Wildman–Crippen MR) is 61.0 cm³/mol. The average molecular weight is 183 g/mol. The Balaban J connectivity index is 3.59. The smallest absolute Gasteiger partial charge is 0.00700 e. The third kappa shape index (κ3) is 8.04. The van der Waals surface area contributed by atoms with Gasteiger partial charge in [0.15, 0.2) is 0 Å². The topological polar surface area (TPSA) is 12.0 Å². The molecule has 1 N–H and O–H groups in total. The number of nitrogens with one attached hydrogen (secondary N) is 1. The van der Waals surface area contributed by atoms with Crippen LogP contribution in [-0.4, -0.2) is 12.6 Å². The molecule has 78 valence electrons. The summed E-state index contributed by atoms with van der Waals surface area (Å²) in [5, 5.41) is 3.58. The monoisotopic (exact) mass is 183 g/mol. The summed E-state index contributed by atoms with van der Waals surface area (Å²) in [5.74, 6) is 0. The van der Waals surface area contributed by atoms with Crippen LogP contribution in [0.2, 0.25) is 0 Å². The zero-order valence-corrected chi connectivity index (χ0v) is 9.53. The van der Waals surface area contributed by atoms with Crippen molar-refractivity contribution >= 4 is 0 Å². The Hall–Kier alpha value is -0.300. The molecule has 1 nitrogen and oxygen atoms in total. The minimum absolute atomic E-state index is 0.710. The van der Waals surface area contributed by atoms with E-state index in [1.165, 1.54) is 37.7 Å². The highest BCUT2D eigenvalue weighted by molar-refractivity contribution is 4.89. The second kappa shape index (κ2) is 8.31. The maximum Gasteiger partial charge on any atom is 0.00700 e. The van der Waals surface area contributed by atoms with Gasteiger partial charge in [-0.1, -0.05) is 25.8 Å². The molecular weight excluding hydrogens is 158 g/mol. The molecule has 0 aliphatic carbocycles. The summed E-state index contributed by atoms with van der Waals surface area (Å²) in [6.07, 6.45) is 6.22. The molecule has 0 fully saturated rings. The van der Waals surface area contributed by atoms with Gasteiger partial charge in [0.25, 0.3) is 0 Å². The number of rotatable bonds is 8. The highest BCUT2D eigenvalue weighted by atomic mass is 14.9. The van der Waals surface area contributed by atoms with Gasteiger partial charge < -0.3 is 5.32 Å². The molecule has 0 heterocycles. The van der Waals surface area contributed by atoms with E-state index in [1.54, 1.807) is 0 Å². The van der Waals surface area contributed by atoms with Crippen molar-refractivity contribution < 1.29 is 0 Å². The van der Waals surface area contributed by atoms with Crippen molar-refractivity contribution in [3.8, 4) is 0 Å². The molecular formula is C12H25N. The van der Waals surface area contributed by atoms with Crippen LogP contribution in [0.15, 0.2) is 12.2 Å². The maximum atomic E-state index is 3.94. The Morgan fingerprint density at radius 3 is 2.38 bits per heavy atom. The molecule has 1 unspecified atom stereocenters. The normalized spacial score (nSPS) is 12.8. The molecule has 0 saturated carbocycles. The fourth-order valence-electron chi connectivity index (χ4n) is 1.47. The van der Waals surface area contributed by atoms with Crippen LogP contribution in [-0.2, 0) is 0 Å². The van der Waals surface area contributed by atoms with E-state index in [0.29, 0.717) is 6.04 Å². The van der Waals surface area contributed by atoms with E-state index < -0.39 is 0 Å². The van der Waals surface area contributed by atoms with Crippen molar-refractivity contribution in [2.24, 2.45) is 0 Å². The summed E-state index contributed by atoms with van der Waals surface area (Å²) in [6, 6.07) is 0.710. The summed E-state index contributed by atoms with van der Waals surface area (Å²) < 4.78 is 0. The van der Waals surface area contributed by atoms with Crippen molar-refractivity contribution in [1.29, 1.82) is 0 Å². The van der Waals surface area contributed by atoms with Gasteiger partial charge in [0.05, 0.1) is 0 Å². The first kappa shape index (κ1) is 12.7. The summed E-state index contributed by atoms with van der Waals surface area (Å²) in [5.41, 5.74) is 1.31. The van der Waals surface area contributed by atoms with Crippen LogP contribution in [0.3, 0.4) is 0 Å². The molecule has 0 aromatic heterocycles. The largest absolute Gasteiger partial charge is 0.314 e. The van der Waals surface area contributed by atoms with Crippen LogP contribution >= 0.6 is 0 Å². The molecule has 0 aromatic rings. The lowest BCUT2D eigenvalue weighted by atomic mass is 10.0.